The third-order valence-corrected chi connectivity index (χ3v) is 1.94. The van der Waals surface area contributed by atoms with E-state index in [1.807, 2.05) is 12.3 Å². The molecule has 0 fully saturated rings. The van der Waals surface area contributed by atoms with Gasteiger partial charge in [0.25, 0.3) is 0 Å². The molecule has 0 unspecified atom stereocenters. The number of thiazole rings is 1. The van der Waals surface area contributed by atoms with Crippen molar-refractivity contribution < 1.29 is 4.79 Å². The zero-order chi connectivity index (χ0) is 8.10. The van der Waals surface area contributed by atoms with Crippen molar-refractivity contribution in [1.29, 1.82) is 0 Å². The summed E-state index contributed by atoms with van der Waals surface area (Å²) in [6.45, 7) is 1.83. The Morgan fingerprint density at radius 3 is 3.18 bits per heavy atom. The van der Waals surface area contributed by atoms with Crippen LogP contribution in [-0.4, -0.2) is 10.8 Å². The fourth-order valence-corrected chi connectivity index (χ4v) is 1.36. The molecule has 0 saturated carbocycles. The third-order valence-electron chi connectivity index (χ3n) is 1.16. The van der Waals surface area contributed by atoms with Crippen molar-refractivity contribution in [2.24, 2.45) is 0 Å². The minimum atomic E-state index is 0.113. The first kappa shape index (κ1) is 8.14. The van der Waals surface area contributed by atoms with E-state index in [9.17, 15) is 4.79 Å². The largest absolute Gasteiger partial charge is 0.294 e. The van der Waals surface area contributed by atoms with Crippen molar-refractivity contribution in [3.05, 3.63) is 28.7 Å². The van der Waals surface area contributed by atoms with Crippen LogP contribution in [0.3, 0.4) is 0 Å². The van der Waals surface area contributed by atoms with E-state index in [0.717, 1.165) is 5.01 Å². The molecule has 11 heavy (non-hydrogen) atoms. The number of hydrogen-bond donors (Lipinski definition) is 0. The molecule has 0 aliphatic rings. The Hall–Kier alpha value is -0.960. The van der Waals surface area contributed by atoms with Crippen molar-refractivity contribution in [2.45, 2.75) is 13.3 Å². The summed E-state index contributed by atoms with van der Waals surface area (Å²) in [5.41, 5.74) is 0. The van der Waals surface area contributed by atoms with Gasteiger partial charge in [-0.1, -0.05) is 6.08 Å². The van der Waals surface area contributed by atoms with Crippen LogP contribution in [0.15, 0.2) is 23.7 Å². The molecule has 0 aromatic carbocycles. The number of ketones is 1. The molecule has 0 spiro atoms. The maximum absolute atomic E-state index is 11.0. The van der Waals surface area contributed by atoms with Gasteiger partial charge >= 0.3 is 0 Å². The van der Waals surface area contributed by atoms with E-state index in [2.05, 4.69) is 4.98 Å². The lowest BCUT2D eigenvalue weighted by molar-refractivity contribution is -0.114. The highest BCUT2D eigenvalue weighted by Gasteiger charge is 2.00. The fraction of sp³-hybridized carbons (Fsp3) is 0.250. The molecular formula is C8H9NOS. The molecular weight excluding hydrogens is 158 g/mol. The van der Waals surface area contributed by atoms with Gasteiger partial charge in [-0.2, -0.15) is 0 Å². The SMILES string of the molecule is C/C=C/C(=O)Cc1nccs1. The Labute approximate surface area is 69.6 Å². The lowest BCUT2D eigenvalue weighted by Gasteiger charge is -1.87. The van der Waals surface area contributed by atoms with E-state index < -0.39 is 0 Å². The smallest absolute Gasteiger partial charge is 0.162 e. The Balaban J connectivity index is 2.50. The number of rotatable bonds is 3. The van der Waals surface area contributed by atoms with Crippen LogP contribution in [0, 0.1) is 0 Å². The van der Waals surface area contributed by atoms with Gasteiger partial charge in [-0.15, -0.1) is 11.3 Å². The van der Waals surface area contributed by atoms with E-state index in [1.165, 1.54) is 11.3 Å². The quantitative estimate of drug-likeness (QED) is 0.643. The number of aromatic nitrogens is 1. The van der Waals surface area contributed by atoms with Gasteiger partial charge in [-0.25, -0.2) is 4.98 Å². The van der Waals surface area contributed by atoms with Crippen LogP contribution >= 0.6 is 11.3 Å². The monoisotopic (exact) mass is 167 g/mol. The maximum Gasteiger partial charge on any atom is 0.162 e. The standard InChI is InChI=1S/C8H9NOS/c1-2-3-7(10)6-8-9-4-5-11-8/h2-5H,6H2,1H3/b3-2+. The average Bonchev–Trinajstić information content (AvgIpc) is 2.40. The van der Waals surface area contributed by atoms with E-state index in [1.54, 1.807) is 18.3 Å². The molecule has 0 radical (unpaired) electrons. The number of hydrogen-bond acceptors (Lipinski definition) is 3. The summed E-state index contributed by atoms with van der Waals surface area (Å²) in [6.07, 6.45) is 5.46. The van der Waals surface area contributed by atoms with Crippen LogP contribution in [0.2, 0.25) is 0 Å². The predicted molar refractivity (Wildman–Crippen MR) is 45.6 cm³/mol. The van der Waals surface area contributed by atoms with E-state index in [4.69, 9.17) is 0 Å². The van der Waals surface area contributed by atoms with Gasteiger partial charge in [0, 0.05) is 11.6 Å². The molecule has 0 aliphatic heterocycles. The highest BCUT2D eigenvalue weighted by molar-refractivity contribution is 7.09. The minimum Gasteiger partial charge on any atom is -0.294 e. The zero-order valence-electron chi connectivity index (χ0n) is 6.28. The van der Waals surface area contributed by atoms with Gasteiger partial charge in [0.15, 0.2) is 5.78 Å². The van der Waals surface area contributed by atoms with Crippen molar-refractivity contribution >= 4 is 17.1 Å². The van der Waals surface area contributed by atoms with Crippen LogP contribution in [-0.2, 0) is 11.2 Å². The van der Waals surface area contributed by atoms with Crippen LogP contribution in [0.4, 0.5) is 0 Å². The summed E-state index contributed by atoms with van der Waals surface area (Å²) in [5, 5.41) is 2.76. The van der Waals surface area contributed by atoms with Crippen molar-refractivity contribution in [1.82, 2.24) is 4.98 Å². The van der Waals surface area contributed by atoms with Crippen LogP contribution < -0.4 is 0 Å². The predicted octanol–water partition coefficient (Wildman–Crippen LogP) is 1.83. The number of carbonyl (C=O) groups excluding carboxylic acids is 1. The molecule has 2 nitrogen and oxygen atoms in total. The van der Waals surface area contributed by atoms with Gasteiger partial charge in [0.1, 0.15) is 5.01 Å². The molecule has 1 heterocycles. The van der Waals surface area contributed by atoms with Crippen LogP contribution in [0.25, 0.3) is 0 Å². The summed E-state index contributed by atoms with van der Waals surface area (Å²) in [5.74, 6) is 0.113. The Kier molecular flexibility index (Phi) is 2.98. The number of carbonyl (C=O) groups is 1. The van der Waals surface area contributed by atoms with Crippen molar-refractivity contribution in [3.63, 3.8) is 0 Å². The Bertz CT molecular complexity index is 251. The molecule has 0 saturated heterocycles. The lowest BCUT2D eigenvalue weighted by atomic mass is 10.3. The van der Waals surface area contributed by atoms with Crippen molar-refractivity contribution in [3.8, 4) is 0 Å². The highest BCUT2D eigenvalue weighted by atomic mass is 32.1. The molecule has 0 aliphatic carbocycles. The molecule has 3 heteroatoms. The normalized spacial score (nSPS) is 10.6. The molecule has 1 aromatic rings. The Morgan fingerprint density at radius 1 is 1.82 bits per heavy atom. The molecule has 0 bridgehead atoms. The summed E-state index contributed by atoms with van der Waals surface area (Å²) in [4.78, 5) is 15.0. The van der Waals surface area contributed by atoms with Gasteiger partial charge in [0.2, 0.25) is 0 Å². The summed E-state index contributed by atoms with van der Waals surface area (Å²) in [7, 11) is 0. The third kappa shape index (κ3) is 2.63. The number of allylic oxidation sites excluding steroid dienone is 2. The second kappa shape index (κ2) is 4.03. The fourth-order valence-electron chi connectivity index (χ4n) is 0.734. The van der Waals surface area contributed by atoms with Gasteiger partial charge in [-0.3, -0.25) is 4.79 Å². The summed E-state index contributed by atoms with van der Waals surface area (Å²) in [6, 6.07) is 0. The molecule has 0 N–H and O–H groups in total. The van der Waals surface area contributed by atoms with Crippen molar-refractivity contribution in [2.75, 3.05) is 0 Å². The molecule has 0 amide bonds. The first-order valence-corrected chi connectivity index (χ1v) is 4.25. The molecule has 0 atom stereocenters. The highest BCUT2D eigenvalue weighted by Crippen LogP contribution is 2.04. The molecule has 58 valence electrons. The second-order valence-corrected chi connectivity index (χ2v) is 3.05. The topological polar surface area (TPSA) is 30.0 Å². The Morgan fingerprint density at radius 2 is 2.64 bits per heavy atom. The van der Waals surface area contributed by atoms with E-state index in [-0.39, 0.29) is 5.78 Å². The van der Waals surface area contributed by atoms with Gasteiger partial charge < -0.3 is 0 Å². The number of nitrogens with zero attached hydrogens (tertiary/aromatic N) is 1. The first-order chi connectivity index (χ1) is 5.33. The van der Waals surface area contributed by atoms with Crippen LogP contribution in [0.5, 0.6) is 0 Å². The van der Waals surface area contributed by atoms with Crippen LogP contribution in [0.1, 0.15) is 11.9 Å². The summed E-state index contributed by atoms with van der Waals surface area (Å²) >= 11 is 1.51. The van der Waals surface area contributed by atoms with Gasteiger partial charge in [0.05, 0.1) is 6.42 Å². The average molecular weight is 167 g/mol. The van der Waals surface area contributed by atoms with E-state index >= 15 is 0 Å². The zero-order valence-corrected chi connectivity index (χ0v) is 7.10. The summed E-state index contributed by atoms with van der Waals surface area (Å²) < 4.78 is 0. The molecule has 1 rings (SSSR count). The second-order valence-electron chi connectivity index (χ2n) is 2.07. The minimum absolute atomic E-state index is 0.113. The maximum atomic E-state index is 11.0. The van der Waals surface area contributed by atoms with Gasteiger partial charge in [-0.05, 0) is 13.0 Å². The first-order valence-electron chi connectivity index (χ1n) is 3.37. The molecule has 1 aromatic heterocycles. The lowest BCUT2D eigenvalue weighted by Crippen LogP contribution is -1.96. The van der Waals surface area contributed by atoms with E-state index in [0.29, 0.717) is 6.42 Å².